The Bertz CT molecular complexity index is 608. The number of hydrogen-bond acceptors (Lipinski definition) is 5. The second-order valence-corrected chi connectivity index (χ2v) is 5.73. The molecule has 0 saturated heterocycles. The SMILES string of the molecule is COc1ccc2c(c1)S(=O)(=O)N=C(N(C)C)N2C. The van der Waals surface area contributed by atoms with E-state index in [0.717, 1.165) is 0 Å². The first-order valence-electron chi connectivity index (χ1n) is 5.31. The van der Waals surface area contributed by atoms with Gasteiger partial charge < -0.3 is 14.5 Å². The molecular weight excluding hydrogens is 254 g/mol. The van der Waals surface area contributed by atoms with E-state index >= 15 is 0 Å². The number of guanidine groups is 1. The molecule has 1 aliphatic heterocycles. The molecule has 0 N–H and O–H groups in total. The van der Waals surface area contributed by atoms with E-state index in [0.29, 0.717) is 17.4 Å². The van der Waals surface area contributed by atoms with Gasteiger partial charge in [0.1, 0.15) is 10.6 Å². The monoisotopic (exact) mass is 269 g/mol. The molecule has 1 aromatic rings. The molecular formula is C11H15N3O3S. The topological polar surface area (TPSA) is 62.2 Å². The summed E-state index contributed by atoms with van der Waals surface area (Å²) in [5.41, 5.74) is 0.592. The van der Waals surface area contributed by atoms with E-state index in [1.807, 2.05) is 0 Å². The van der Waals surface area contributed by atoms with Gasteiger partial charge in [0.25, 0.3) is 10.0 Å². The summed E-state index contributed by atoms with van der Waals surface area (Å²) < 4.78 is 33.0. The van der Waals surface area contributed by atoms with Crippen LogP contribution in [0.1, 0.15) is 0 Å². The summed E-state index contributed by atoms with van der Waals surface area (Å²) >= 11 is 0. The van der Waals surface area contributed by atoms with E-state index in [1.165, 1.54) is 13.2 Å². The van der Waals surface area contributed by atoms with Crippen LogP contribution < -0.4 is 9.64 Å². The van der Waals surface area contributed by atoms with Crippen molar-refractivity contribution in [1.29, 1.82) is 0 Å². The Labute approximate surface area is 107 Å². The van der Waals surface area contributed by atoms with Gasteiger partial charge in [-0.05, 0) is 12.1 Å². The summed E-state index contributed by atoms with van der Waals surface area (Å²) in [7, 11) is 3.09. The first-order valence-corrected chi connectivity index (χ1v) is 6.75. The molecule has 18 heavy (non-hydrogen) atoms. The van der Waals surface area contributed by atoms with Gasteiger partial charge >= 0.3 is 0 Å². The van der Waals surface area contributed by atoms with Crippen LogP contribution in [0.4, 0.5) is 5.69 Å². The predicted octanol–water partition coefficient (Wildman–Crippen LogP) is 0.751. The van der Waals surface area contributed by atoms with Crippen molar-refractivity contribution in [2.75, 3.05) is 33.2 Å². The van der Waals surface area contributed by atoms with Crippen LogP contribution >= 0.6 is 0 Å². The highest BCUT2D eigenvalue weighted by Gasteiger charge is 2.30. The summed E-state index contributed by atoms with van der Waals surface area (Å²) in [6.07, 6.45) is 0. The molecule has 0 radical (unpaired) electrons. The molecule has 1 aromatic carbocycles. The summed E-state index contributed by atoms with van der Waals surface area (Å²) in [4.78, 5) is 3.55. The van der Waals surface area contributed by atoms with Crippen molar-refractivity contribution in [2.24, 2.45) is 4.40 Å². The Morgan fingerprint density at radius 3 is 2.56 bits per heavy atom. The van der Waals surface area contributed by atoms with Crippen molar-refractivity contribution < 1.29 is 13.2 Å². The highest BCUT2D eigenvalue weighted by molar-refractivity contribution is 7.90. The first kappa shape index (κ1) is 12.7. The highest BCUT2D eigenvalue weighted by atomic mass is 32.2. The van der Waals surface area contributed by atoms with Crippen molar-refractivity contribution in [3.8, 4) is 5.75 Å². The van der Waals surface area contributed by atoms with Crippen LogP contribution in [0.2, 0.25) is 0 Å². The molecule has 1 aliphatic rings. The molecule has 0 spiro atoms. The van der Waals surface area contributed by atoms with Gasteiger partial charge in [-0.3, -0.25) is 0 Å². The zero-order chi connectivity index (χ0) is 13.5. The number of fused-ring (bicyclic) bond motifs is 1. The molecule has 0 atom stereocenters. The minimum absolute atomic E-state index is 0.162. The third-order valence-electron chi connectivity index (χ3n) is 2.71. The first-order chi connectivity index (χ1) is 8.36. The predicted molar refractivity (Wildman–Crippen MR) is 69.7 cm³/mol. The molecule has 7 heteroatoms. The largest absolute Gasteiger partial charge is 0.497 e. The van der Waals surface area contributed by atoms with E-state index < -0.39 is 10.0 Å². The zero-order valence-electron chi connectivity index (χ0n) is 10.7. The maximum Gasteiger partial charge on any atom is 0.287 e. The summed E-state index contributed by atoms with van der Waals surface area (Å²) in [5, 5.41) is 0. The smallest absolute Gasteiger partial charge is 0.287 e. The number of nitrogens with zero attached hydrogens (tertiary/aromatic N) is 3. The van der Waals surface area contributed by atoms with E-state index in [1.54, 1.807) is 43.1 Å². The second kappa shape index (κ2) is 4.16. The van der Waals surface area contributed by atoms with Gasteiger partial charge in [-0.15, -0.1) is 4.40 Å². The molecule has 1 heterocycles. The van der Waals surface area contributed by atoms with Crippen LogP contribution in [0.25, 0.3) is 0 Å². The Balaban J connectivity index is 2.66. The minimum atomic E-state index is -3.68. The molecule has 0 aliphatic carbocycles. The van der Waals surface area contributed by atoms with E-state index in [2.05, 4.69) is 4.40 Å². The van der Waals surface area contributed by atoms with E-state index in [-0.39, 0.29) is 4.90 Å². The maximum absolute atomic E-state index is 12.1. The lowest BCUT2D eigenvalue weighted by atomic mass is 10.3. The van der Waals surface area contributed by atoms with Gasteiger partial charge in [0, 0.05) is 27.2 Å². The number of hydrogen-bond donors (Lipinski definition) is 0. The lowest BCUT2D eigenvalue weighted by Crippen LogP contribution is -2.41. The third-order valence-corrected chi connectivity index (χ3v) is 3.99. The van der Waals surface area contributed by atoms with Gasteiger partial charge in [-0.1, -0.05) is 0 Å². The van der Waals surface area contributed by atoms with Crippen molar-refractivity contribution >= 4 is 21.7 Å². The summed E-state index contributed by atoms with van der Waals surface area (Å²) in [6.45, 7) is 0. The Morgan fingerprint density at radius 1 is 1.33 bits per heavy atom. The van der Waals surface area contributed by atoms with Crippen LogP contribution in [0, 0.1) is 0 Å². The van der Waals surface area contributed by atoms with Crippen molar-refractivity contribution in [2.45, 2.75) is 4.90 Å². The molecule has 6 nitrogen and oxygen atoms in total. The molecule has 0 bridgehead atoms. The number of methoxy groups -OCH3 is 1. The third kappa shape index (κ3) is 1.90. The highest BCUT2D eigenvalue weighted by Crippen LogP contribution is 2.33. The fraction of sp³-hybridized carbons (Fsp3) is 0.364. The molecule has 0 fully saturated rings. The second-order valence-electron chi connectivity index (χ2n) is 4.15. The lowest BCUT2D eigenvalue weighted by molar-refractivity contribution is 0.413. The fourth-order valence-electron chi connectivity index (χ4n) is 1.81. The van der Waals surface area contributed by atoms with Crippen molar-refractivity contribution in [3.63, 3.8) is 0 Å². The van der Waals surface area contributed by atoms with Gasteiger partial charge in [0.2, 0.25) is 5.96 Å². The van der Waals surface area contributed by atoms with Gasteiger partial charge in [-0.2, -0.15) is 8.42 Å². The number of ether oxygens (including phenoxy) is 1. The van der Waals surface area contributed by atoms with Gasteiger partial charge in [0.05, 0.1) is 12.8 Å². The Kier molecular flexibility index (Phi) is 2.94. The van der Waals surface area contributed by atoms with Crippen LogP contribution in [0.15, 0.2) is 27.5 Å². The number of sulfonamides is 1. The zero-order valence-corrected chi connectivity index (χ0v) is 11.5. The standard InChI is InChI=1S/C11H15N3O3S/c1-13(2)11-12-18(15,16)10-7-8(17-4)5-6-9(10)14(11)3/h5-7H,1-4H3. The maximum atomic E-state index is 12.1. The molecule has 0 aromatic heterocycles. The molecule has 98 valence electrons. The molecule has 0 amide bonds. The Hall–Kier alpha value is -1.76. The van der Waals surface area contributed by atoms with Gasteiger partial charge in [-0.25, -0.2) is 0 Å². The summed E-state index contributed by atoms with van der Waals surface area (Å²) in [5.74, 6) is 0.877. The molecule has 0 saturated carbocycles. The van der Waals surface area contributed by atoms with Crippen LogP contribution in [0.5, 0.6) is 5.75 Å². The normalized spacial score (nSPS) is 16.9. The van der Waals surface area contributed by atoms with Crippen LogP contribution in [0.3, 0.4) is 0 Å². The van der Waals surface area contributed by atoms with Crippen molar-refractivity contribution in [3.05, 3.63) is 18.2 Å². The fourth-order valence-corrected chi connectivity index (χ4v) is 3.15. The molecule has 0 unspecified atom stereocenters. The van der Waals surface area contributed by atoms with E-state index in [4.69, 9.17) is 4.74 Å². The minimum Gasteiger partial charge on any atom is -0.497 e. The molecule has 2 rings (SSSR count). The lowest BCUT2D eigenvalue weighted by Gasteiger charge is -2.30. The quantitative estimate of drug-likeness (QED) is 0.753. The van der Waals surface area contributed by atoms with Crippen LogP contribution in [-0.4, -0.2) is 47.5 Å². The number of rotatable bonds is 1. The van der Waals surface area contributed by atoms with Crippen LogP contribution in [-0.2, 0) is 10.0 Å². The average molecular weight is 269 g/mol. The van der Waals surface area contributed by atoms with Gasteiger partial charge in [0.15, 0.2) is 0 Å². The van der Waals surface area contributed by atoms with Crippen molar-refractivity contribution in [1.82, 2.24) is 4.90 Å². The summed E-state index contributed by atoms with van der Waals surface area (Å²) in [6, 6.07) is 4.92. The Morgan fingerprint density at radius 2 is 2.00 bits per heavy atom. The number of anilines is 1. The average Bonchev–Trinajstić information content (AvgIpc) is 2.33. The van der Waals surface area contributed by atoms with E-state index in [9.17, 15) is 8.42 Å². The number of benzene rings is 1.